The minimum absolute atomic E-state index is 0.143. The van der Waals surface area contributed by atoms with Crippen molar-refractivity contribution in [2.45, 2.75) is 12.2 Å². The predicted octanol–water partition coefficient (Wildman–Crippen LogP) is 2.80. The number of carbonyl (C=O) groups excluding carboxylic acids is 2. The fourth-order valence-electron chi connectivity index (χ4n) is 4.27. The lowest BCUT2D eigenvalue weighted by molar-refractivity contribution is -0.141. The van der Waals surface area contributed by atoms with Crippen LogP contribution in [0.3, 0.4) is 0 Å². The fourth-order valence-corrected chi connectivity index (χ4v) is 4.54. The second-order valence-electron chi connectivity index (χ2n) is 6.17. The van der Waals surface area contributed by atoms with Crippen molar-refractivity contribution in [1.82, 2.24) is 4.90 Å². The van der Waals surface area contributed by atoms with Crippen molar-refractivity contribution in [3.05, 3.63) is 46.5 Å². The molecule has 5 aliphatic rings. The summed E-state index contributed by atoms with van der Waals surface area (Å²) in [4.78, 5) is 26.0. The van der Waals surface area contributed by atoms with Crippen molar-refractivity contribution in [3.63, 3.8) is 0 Å². The van der Waals surface area contributed by atoms with Crippen LogP contribution in [0.4, 0.5) is 0 Å². The number of hydrogen-bond acceptors (Lipinski definition) is 3. The number of rotatable bonds is 0. The molecule has 2 aliphatic carbocycles. The van der Waals surface area contributed by atoms with E-state index in [0.717, 1.165) is 22.3 Å². The van der Waals surface area contributed by atoms with E-state index in [1.807, 2.05) is 30.3 Å². The molecule has 0 unspecified atom stereocenters. The molecule has 3 heterocycles. The normalized spacial score (nSPS) is 32.0. The van der Waals surface area contributed by atoms with Gasteiger partial charge in [0.05, 0.1) is 24.0 Å². The third-order valence-electron chi connectivity index (χ3n) is 5.23. The average Bonchev–Trinajstić information content (AvgIpc) is 3.22. The van der Waals surface area contributed by atoms with Gasteiger partial charge in [-0.2, -0.15) is 0 Å². The van der Waals surface area contributed by atoms with Crippen molar-refractivity contribution in [3.8, 4) is 11.1 Å². The molecule has 2 saturated heterocycles. The van der Waals surface area contributed by atoms with E-state index < -0.39 is 17.9 Å². The number of amides is 2. The highest BCUT2D eigenvalue weighted by atomic mass is 35.5. The quantitative estimate of drug-likeness (QED) is 0.703. The minimum atomic E-state index is -0.431. The third kappa shape index (κ3) is 1.25. The highest BCUT2D eigenvalue weighted by Crippen LogP contribution is 2.63. The Labute approximate surface area is 132 Å². The van der Waals surface area contributed by atoms with E-state index in [4.69, 9.17) is 16.3 Å². The van der Waals surface area contributed by atoms with E-state index in [-0.39, 0.29) is 17.9 Å². The summed E-state index contributed by atoms with van der Waals surface area (Å²) in [7, 11) is 1.55. The van der Waals surface area contributed by atoms with Crippen LogP contribution in [-0.2, 0) is 14.3 Å². The smallest absolute Gasteiger partial charge is 0.235 e. The van der Waals surface area contributed by atoms with Crippen LogP contribution in [0.15, 0.2) is 30.3 Å². The maximum absolute atomic E-state index is 12.4. The van der Waals surface area contributed by atoms with Crippen LogP contribution in [0, 0.1) is 11.8 Å². The molecule has 5 heteroatoms. The first kappa shape index (κ1) is 12.6. The zero-order chi connectivity index (χ0) is 15.2. The van der Waals surface area contributed by atoms with Gasteiger partial charge >= 0.3 is 0 Å². The number of fused-ring (bicyclic) bond motifs is 10. The Kier molecular flexibility index (Phi) is 2.23. The van der Waals surface area contributed by atoms with Crippen LogP contribution < -0.4 is 0 Å². The lowest BCUT2D eigenvalue weighted by Gasteiger charge is -2.20. The second kappa shape index (κ2) is 3.89. The topological polar surface area (TPSA) is 46.6 Å². The van der Waals surface area contributed by atoms with Crippen molar-refractivity contribution < 1.29 is 14.3 Å². The molecule has 0 aromatic carbocycles. The van der Waals surface area contributed by atoms with Crippen LogP contribution in [0.2, 0.25) is 5.02 Å². The van der Waals surface area contributed by atoms with E-state index in [0.29, 0.717) is 5.02 Å². The predicted molar refractivity (Wildman–Crippen MR) is 79.4 cm³/mol. The van der Waals surface area contributed by atoms with E-state index in [2.05, 4.69) is 0 Å². The molecule has 0 N–H and O–H groups in total. The van der Waals surface area contributed by atoms with Crippen molar-refractivity contribution in [2.75, 3.05) is 7.05 Å². The summed E-state index contributed by atoms with van der Waals surface area (Å²) in [6.07, 6.45) is -0.786. The van der Waals surface area contributed by atoms with Gasteiger partial charge in [-0.3, -0.25) is 14.5 Å². The number of halogens is 1. The van der Waals surface area contributed by atoms with Gasteiger partial charge < -0.3 is 4.74 Å². The van der Waals surface area contributed by atoms with E-state index in [1.165, 1.54) is 4.90 Å². The Balaban J connectivity index is 1.81. The minimum Gasteiger partial charge on any atom is -0.364 e. The Bertz CT molecular complexity index is 833. The first-order valence-electron chi connectivity index (χ1n) is 7.27. The number of nitrogens with zero attached hydrogens (tertiary/aromatic N) is 1. The highest BCUT2D eigenvalue weighted by molar-refractivity contribution is 6.31. The molecule has 22 heavy (non-hydrogen) atoms. The monoisotopic (exact) mass is 313 g/mol. The molecule has 3 aliphatic heterocycles. The molecule has 2 fully saturated rings. The Morgan fingerprint density at radius 1 is 1.00 bits per heavy atom. The molecule has 2 amide bonds. The van der Waals surface area contributed by atoms with Crippen molar-refractivity contribution in [1.29, 1.82) is 0 Å². The number of likely N-dealkylation sites (tertiary alicyclic amines) is 1. The third-order valence-corrected chi connectivity index (χ3v) is 5.56. The first-order valence-corrected chi connectivity index (χ1v) is 7.65. The summed E-state index contributed by atoms with van der Waals surface area (Å²) in [5, 5.41) is 0.604. The Morgan fingerprint density at radius 2 is 1.68 bits per heavy atom. The van der Waals surface area contributed by atoms with Crippen LogP contribution in [0.1, 0.15) is 23.3 Å². The summed E-state index contributed by atoms with van der Waals surface area (Å²) in [5.74, 6) is -1.14. The molecule has 0 aromatic heterocycles. The van der Waals surface area contributed by atoms with Gasteiger partial charge in [-0.25, -0.2) is 0 Å². The number of imide groups is 1. The molecule has 5 rings (SSSR count). The molecule has 2 bridgehead atoms. The Hall–Kier alpha value is -1.91. The van der Waals surface area contributed by atoms with Crippen molar-refractivity contribution >= 4 is 23.4 Å². The maximum atomic E-state index is 12.4. The lowest BCUT2D eigenvalue weighted by Crippen LogP contribution is -2.28. The molecular weight excluding hydrogens is 302 g/mol. The molecule has 0 aromatic rings. The van der Waals surface area contributed by atoms with Crippen LogP contribution in [0.5, 0.6) is 0 Å². The van der Waals surface area contributed by atoms with E-state index >= 15 is 0 Å². The number of hydrogen-bond donors (Lipinski definition) is 0. The number of carbonyl (C=O) groups is 2. The van der Waals surface area contributed by atoms with Gasteiger partial charge in [0.25, 0.3) is 0 Å². The van der Waals surface area contributed by atoms with Gasteiger partial charge in [0.1, 0.15) is 0 Å². The average molecular weight is 314 g/mol. The molecule has 0 saturated carbocycles. The molecule has 110 valence electrons. The standard InChI is InChI=1S/C17H12ClNO3/c1-19-16(20)12-13(17(19)21)15-11-9(18)6-5-7-3-2-4-8(7)10(11)14(12)22-15/h2-6,12-15H,1H3/t12-,13+,14-,15+/m1/s1. The molecular formula is C17H12ClNO3. The summed E-state index contributed by atoms with van der Waals surface area (Å²) < 4.78 is 6.05. The van der Waals surface area contributed by atoms with E-state index in [1.54, 1.807) is 7.05 Å². The molecule has 0 radical (unpaired) electrons. The Morgan fingerprint density at radius 3 is 2.41 bits per heavy atom. The summed E-state index contributed by atoms with van der Waals surface area (Å²) in [6.45, 7) is 0. The highest BCUT2D eigenvalue weighted by Gasteiger charge is 2.64. The van der Waals surface area contributed by atoms with Gasteiger partial charge in [0, 0.05) is 17.6 Å². The summed E-state index contributed by atoms with van der Waals surface area (Å²) >= 11 is 6.46. The van der Waals surface area contributed by atoms with Gasteiger partial charge in [0.2, 0.25) is 11.8 Å². The molecule has 4 nitrogen and oxygen atoms in total. The summed E-state index contributed by atoms with van der Waals surface area (Å²) in [6, 6.07) is 9.85. The fraction of sp³-hybridized carbons (Fsp3) is 0.294. The van der Waals surface area contributed by atoms with Crippen LogP contribution >= 0.6 is 11.6 Å². The largest absolute Gasteiger partial charge is 0.364 e. The maximum Gasteiger partial charge on any atom is 0.235 e. The van der Waals surface area contributed by atoms with Gasteiger partial charge in [0.15, 0.2) is 0 Å². The second-order valence-corrected chi connectivity index (χ2v) is 6.57. The zero-order valence-corrected chi connectivity index (χ0v) is 12.5. The van der Waals surface area contributed by atoms with Crippen molar-refractivity contribution in [2.24, 2.45) is 11.8 Å². The van der Waals surface area contributed by atoms with Crippen LogP contribution in [0.25, 0.3) is 11.1 Å². The number of ether oxygens (including phenoxy) is 1. The van der Waals surface area contributed by atoms with Gasteiger partial charge in [-0.05, 0) is 22.8 Å². The van der Waals surface area contributed by atoms with Crippen LogP contribution in [-0.4, -0.2) is 23.8 Å². The van der Waals surface area contributed by atoms with Gasteiger partial charge in [-0.15, -0.1) is 0 Å². The SMILES string of the molecule is CN1C(=O)[C@@H]2[C@H](C1=O)[C@H]1O[C@@H]2c2c3cccc-3ccc(Cl)c21. The summed E-state index contributed by atoms with van der Waals surface area (Å²) in [5.41, 5.74) is 3.99. The van der Waals surface area contributed by atoms with Gasteiger partial charge in [-0.1, -0.05) is 35.9 Å². The zero-order valence-electron chi connectivity index (χ0n) is 11.7. The lowest BCUT2D eigenvalue weighted by atomic mass is 9.76. The molecule has 4 atom stereocenters. The first-order chi connectivity index (χ1) is 10.6. The van der Waals surface area contributed by atoms with E-state index in [9.17, 15) is 9.59 Å². The molecule has 0 spiro atoms.